The van der Waals surface area contributed by atoms with Gasteiger partial charge in [0, 0.05) is 5.69 Å². The molecule has 3 rings (SSSR count). The van der Waals surface area contributed by atoms with Crippen molar-refractivity contribution in [3.63, 3.8) is 0 Å². The van der Waals surface area contributed by atoms with E-state index in [0.717, 1.165) is 22.5 Å². The highest BCUT2D eigenvalue weighted by atomic mass is 32.2. The number of methoxy groups -OCH3 is 1. The molecule has 0 aliphatic rings. The Balaban J connectivity index is 1.97. The third-order valence-electron chi connectivity index (χ3n) is 4.69. The molecule has 0 spiro atoms. The van der Waals surface area contributed by atoms with Crippen molar-refractivity contribution in [2.75, 3.05) is 23.3 Å². The number of benzene rings is 3. The number of amides is 1. The summed E-state index contributed by atoms with van der Waals surface area (Å²) in [7, 11) is -2.94. The molecular formula is C23H21F3N2O4S. The summed E-state index contributed by atoms with van der Waals surface area (Å²) in [6.07, 6.45) is -4.58. The summed E-state index contributed by atoms with van der Waals surface area (Å²) in [5, 5.41) is 2.34. The predicted molar refractivity (Wildman–Crippen MR) is 119 cm³/mol. The number of hydrogen-bond donors (Lipinski definition) is 1. The summed E-state index contributed by atoms with van der Waals surface area (Å²) < 4.78 is 72.1. The standard InChI is InChI=1S/C23H21F3N2O4S/c1-16-11-12-20(32-2)21(13-16)33(30,31)28(19-9-4-3-5-10-19)15-22(29)27-18-8-6-7-17(14-18)23(24,25)26/h3-14H,15H2,1-2H3,(H,27,29). The van der Waals surface area contributed by atoms with Crippen LogP contribution in [0, 0.1) is 6.92 Å². The molecule has 0 aliphatic carbocycles. The maximum Gasteiger partial charge on any atom is 0.416 e. The number of halogens is 3. The zero-order valence-electron chi connectivity index (χ0n) is 17.8. The topological polar surface area (TPSA) is 75.7 Å². The molecule has 10 heteroatoms. The normalized spacial score (nSPS) is 11.7. The lowest BCUT2D eigenvalue weighted by molar-refractivity contribution is -0.137. The molecule has 0 heterocycles. The first-order valence-corrected chi connectivity index (χ1v) is 11.2. The van der Waals surface area contributed by atoms with Crippen molar-refractivity contribution in [2.45, 2.75) is 18.0 Å². The van der Waals surface area contributed by atoms with Crippen LogP contribution in [-0.2, 0) is 21.0 Å². The summed E-state index contributed by atoms with van der Waals surface area (Å²) in [5.41, 5.74) is -0.165. The fourth-order valence-electron chi connectivity index (χ4n) is 3.12. The van der Waals surface area contributed by atoms with Gasteiger partial charge in [-0.1, -0.05) is 30.3 Å². The fraction of sp³-hybridized carbons (Fsp3) is 0.174. The van der Waals surface area contributed by atoms with E-state index in [9.17, 15) is 26.4 Å². The minimum absolute atomic E-state index is 0.0971. The van der Waals surface area contributed by atoms with E-state index in [1.54, 1.807) is 31.2 Å². The molecule has 0 atom stereocenters. The molecular weight excluding hydrogens is 457 g/mol. The lowest BCUT2D eigenvalue weighted by Gasteiger charge is -2.25. The quantitative estimate of drug-likeness (QED) is 0.527. The van der Waals surface area contributed by atoms with E-state index in [2.05, 4.69) is 5.32 Å². The van der Waals surface area contributed by atoms with Gasteiger partial charge in [-0.3, -0.25) is 9.10 Å². The molecule has 0 saturated heterocycles. The van der Waals surface area contributed by atoms with E-state index in [-0.39, 0.29) is 22.0 Å². The van der Waals surface area contributed by atoms with Crippen LogP contribution in [0.15, 0.2) is 77.7 Å². The molecule has 0 radical (unpaired) electrons. The van der Waals surface area contributed by atoms with Gasteiger partial charge >= 0.3 is 6.18 Å². The van der Waals surface area contributed by atoms with Gasteiger partial charge in [-0.25, -0.2) is 8.42 Å². The molecule has 0 saturated carbocycles. The Bertz CT molecular complexity index is 1250. The molecule has 0 unspecified atom stereocenters. The molecule has 33 heavy (non-hydrogen) atoms. The number of carbonyl (C=O) groups is 1. The molecule has 0 bridgehead atoms. The molecule has 3 aromatic carbocycles. The van der Waals surface area contributed by atoms with Gasteiger partial charge in [0.25, 0.3) is 10.0 Å². The highest BCUT2D eigenvalue weighted by Crippen LogP contribution is 2.32. The van der Waals surface area contributed by atoms with Crippen molar-refractivity contribution in [3.05, 3.63) is 83.9 Å². The van der Waals surface area contributed by atoms with Gasteiger partial charge in [-0.15, -0.1) is 0 Å². The number of alkyl halides is 3. The number of aryl methyl sites for hydroxylation is 1. The summed E-state index contributed by atoms with van der Waals surface area (Å²) >= 11 is 0. The van der Waals surface area contributed by atoms with E-state index in [0.29, 0.717) is 5.56 Å². The molecule has 174 valence electrons. The number of sulfonamides is 1. The second-order valence-electron chi connectivity index (χ2n) is 7.13. The van der Waals surface area contributed by atoms with Crippen molar-refractivity contribution in [2.24, 2.45) is 0 Å². The molecule has 0 fully saturated rings. The smallest absolute Gasteiger partial charge is 0.416 e. The Morgan fingerprint density at radius 3 is 2.33 bits per heavy atom. The minimum Gasteiger partial charge on any atom is -0.495 e. The molecule has 1 N–H and O–H groups in total. The lowest BCUT2D eigenvalue weighted by Crippen LogP contribution is -2.38. The maximum absolute atomic E-state index is 13.6. The third kappa shape index (κ3) is 5.64. The van der Waals surface area contributed by atoms with Crippen LogP contribution in [-0.4, -0.2) is 28.0 Å². The van der Waals surface area contributed by atoms with Gasteiger partial charge in [0.15, 0.2) is 0 Å². The monoisotopic (exact) mass is 478 g/mol. The number of para-hydroxylation sites is 1. The number of rotatable bonds is 7. The van der Waals surface area contributed by atoms with Gasteiger partial charge in [0.05, 0.1) is 18.4 Å². The van der Waals surface area contributed by atoms with Crippen molar-refractivity contribution in [1.29, 1.82) is 0 Å². The van der Waals surface area contributed by atoms with Crippen LogP contribution in [0.2, 0.25) is 0 Å². The average Bonchev–Trinajstić information content (AvgIpc) is 2.77. The van der Waals surface area contributed by atoms with Crippen molar-refractivity contribution >= 4 is 27.3 Å². The Morgan fingerprint density at radius 1 is 1.00 bits per heavy atom. The van der Waals surface area contributed by atoms with E-state index in [1.807, 2.05) is 0 Å². The first-order chi connectivity index (χ1) is 15.5. The van der Waals surface area contributed by atoms with E-state index in [1.165, 1.54) is 37.4 Å². The zero-order chi connectivity index (χ0) is 24.2. The highest BCUT2D eigenvalue weighted by molar-refractivity contribution is 7.93. The molecule has 6 nitrogen and oxygen atoms in total. The van der Waals surface area contributed by atoms with Gasteiger partial charge < -0.3 is 10.1 Å². The largest absolute Gasteiger partial charge is 0.495 e. The second kappa shape index (κ2) is 9.53. The number of ether oxygens (including phenoxy) is 1. The van der Waals surface area contributed by atoms with Crippen LogP contribution in [0.1, 0.15) is 11.1 Å². The lowest BCUT2D eigenvalue weighted by atomic mass is 10.2. The summed E-state index contributed by atoms with van der Waals surface area (Å²) in [5.74, 6) is -0.715. The van der Waals surface area contributed by atoms with Crippen LogP contribution in [0.3, 0.4) is 0 Å². The average molecular weight is 478 g/mol. The number of carbonyl (C=O) groups excluding carboxylic acids is 1. The summed E-state index contributed by atoms with van der Waals surface area (Å²) in [6.45, 7) is 1.05. The Kier molecular flexibility index (Phi) is 6.97. The van der Waals surface area contributed by atoms with E-state index in [4.69, 9.17) is 4.74 Å². The van der Waals surface area contributed by atoms with Gasteiger partial charge in [-0.05, 0) is 55.0 Å². The summed E-state index contributed by atoms with van der Waals surface area (Å²) in [6, 6.07) is 16.6. The molecule has 1 amide bonds. The van der Waals surface area contributed by atoms with Crippen LogP contribution >= 0.6 is 0 Å². The fourth-order valence-corrected chi connectivity index (χ4v) is 4.78. The van der Waals surface area contributed by atoms with Crippen LogP contribution in [0.5, 0.6) is 5.75 Å². The minimum atomic E-state index is -4.58. The number of hydrogen-bond acceptors (Lipinski definition) is 4. The number of nitrogens with zero attached hydrogens (tertiary/aromatic N) is 1. The first kappa shape index (κ1) is 24.1. The van der Waals surface area contributed by atoms with Crippen molar-refractivity contribution in [3.8, 4) is 5.75 Å². The summed E-state index contributed by atoms with van der Waals surface area (Å²) in [4.78, 5) is 12.6. The Morgan fingerprint density at radius 2 is 1.70 bits per heavy atom. The third-order valence-corrected chi connectivity index (χ3v) is 6.49. The van der Waals surface area contributed by atoms with E-state index >= 15 is 0 Å². The SMILES string of the molecule is COc1ccc(C)cc1S(=O)(=O)N(CC(=O)Nc1cccc(C(F)(F)F)c1)c1ccccc1. The Labute approximate surface area is 189 Å². The first-order valence-electron chi connectivity index (χ1n) is 9.72. The van der Waals surface area contributed by atoms with Crippen LogP contribution in [0.4, 0.5) is 24.5 Å². The Hall–Kier alpha value is -3.53. The molecule has 0 aliphatic heterocycles. The molecule has 3 aromatic rings. The van der Waals surface area contributed by atoms with Gasteiger partial charge in [0.1, 0.15) is 17.2 Å². The van der Waals surface area contributed by atoms with Crippen molar-refractivity contribution in [1.82, 2.24) is 0 Å². The number of nitrogens with one attached hydrogen (secondary N) is 1. The molecule has 0 aromatic heterocycles. The maximum atomic E-state index is 13.6. The van der Waals surface area contributed by atoms with Gasteiger partial charge in [-0.2, -0.15) is 13.2 Å². The van der Waals surface area contributed by atoms with Gasteiger partial charge in [0.2, 0.25) is 5.91 Å². The number of anilines is 2. The highest BCUT2D eigenvalue weighted by Gasteiger charge is 2.32. The van der Waals surface area contributed by atoms with Crippen molar-refractivity contribution < 1.29 is 31.1 Å². The van der Waals surface area contributed by atoms with Crippen LogP contribution < -0.4 is 14.4 Å². The zero-order valence-corrected chi connectivity index (χ0v) is 18.6. The predicted octanol–water partition coefficient (Wildman–Crippen LogP) is 4.86. The second-order valence-corrected chi connectivity index (χ2v) is 8.96. The van der Waals surface area contributed by atoms with Crippen LogP contribution in [0.25, 0.3) is 0 Å². The van der Waals surface area contributed by atoms with E-state index < -0.39 is 34.2 Å².